The van der Waals surface area contributed by atoms with Crippen LogP contribution >= 0.6 is 17.0 Å². The van der Waals surface area contributed by atoms with Gasteiger partial charge in [-0.05, 0) is 12.6 Å². The summed E-state index contributed by atoms with van der Waals surface area (Å²) >= 11 is 0. The van der Waals surface area contributed by atoms with E-state index in [9.17, 15) is 28.1 Å². The molecule has 1 aromatic carbocycles. The van der Waals surface area contributed by atoms with E-state index in [1.54, 1.807) is 7.05 Å². The fourth-order valence-electron chi connectivity index (χ4n) is 2.15. The Kier molecular flexibility index (Phi) is 6.59. The molecule has 0 aliphatic rings. The van der Waals surface area contributed by atoms with Crippen LogP contribution in [0.4, 0.5) is 5.69 Å². The van der Waals surface area contributed by atoms with Gasteiger partial charge in [-0.25, -0.2) is 0 Å². The molecule has 0 amide bonds. The van der Waals surface area contributed by atoms with E-state index >= 15 is 0 Å². The fraction of sp³-hybridized carbons (Fsp3) is 0.333. The zero-order valence-corrected chi connectivity index (χ0v) is 15.4. The second-order valence-electron chi connectivity index (χ2n) is 5.22. The third kappa shape index (κ3) is 5.45. The van der Waals surface area contributed by atoms with Crippen LogP contribution in [0.15, 0.2) is 21.7 Å². The predicted octanol–water partition coefficient (Wildman–Crippen LogP) is 0.0221. The van der Waals surface area contributed by atoms with Gasteiger partial charge in [-0.2, -0.15) is 8.42 Å². The number of benzene rings is 1. The maximum absolute atomic E-state index is 11.5. The molecule has 0 radical (unpaired) electrons. The number of nitrogens with one attached hydrogen (secondary N) is 2. The van der Waals surface area contributed by atoms with Crippen LogP contribution in [-0.4, -0.2) is 52.1 Å². The lowest BCUT2D eigenvalue weighted by Crippen LogP contribution is -2.30. The van der Waals surface area contributed by atoms with Gasteiger partial charge in [-0.1, -0.05) is 0 Å². The molecule has 11 nitrogen and oxygen atoms in total. The van der Waals surface area contributed by atoms with Crippen molar-refractivity contribution in [1.29, 1.82) is 0 Å². The monoisotopic (exact) mass is 438 g/mol. The molecule has 0 saturated carbocycles. The van der Waals surface area contributed by atoms with Crippen LogP contribution in [0.25, 0.3) is 11.0 Å². The minimum absolute atomic E-state index is 0. The number of hydrogen-bond acceptors (Lipinski definition) is 7. The zero-order valence-electron chi connectivity index (χ0n) is 12.9. The summed E-state index contributed by atoms with van der Waals surface area (Å²) < 4.78 is 30.3. The van der Waals surface area contributed by atoms with Gasteiger partial charge in [0.15, 0.2) is 0 Å². The summed E-state index contributed by atoms with van der Waals surface area (Å²) in [4.78, 5) is 39.3. The molecule has 25 heavy (non-hydrogen) atoms. The van der Waals surface area contributed by atoms with Crippen LogP contribution in [0.2, 0.25) is 0 Å². The largest absolute Gasteiger partial charge is 0.316 e. The Morgan fingerprint density at radius 1 is 1.24 bits per heavy atom. The quantitative estimate of drug-likeness (QED) is 0.245. The molecule has 13 heteroatoms. The second kappa shape index (κ2) is 7.86. The van der Waals surface area contributed by atoms with Gasteiger partial charge < -0.3 is 14.9 Å². The summed E-state index contributed by atoms with van der Waals surface area (Å²) in [6, 6.07) is 2.34. The molecule has 0 spiro atoms. The molecule has 0 aliphatic heterocycles. The van der Waals surface area contributed by atoms with Crippen LogP contribution in [0.3, 0.4) is 0 Å². The van der Waals surface area contributed by atoms with Crippen molar-refractivity contribution in [1.82, 2.24) is 14.9 Å². The van der Waals surface area contributed by atoms with Crippen LogP contribution in [0.5, 0.6) is 0 Å². The number of nitro groups is 1. The number of non-ortho nitro benzene ring substituents is 1. The summed E-state index contributed by atoms with van der Waals surface area (Å²) in [6.07, 6.45) is 0. The highest BCUT2D eigenvalue weighted by Gasteiger charge is 2.16. The SMILES string of the molecule is Br.CN(CCS(=O)(=O)O)Cc1cc([N+](=O)[O-])cc2[nH]c(=O)c(=O)[nH]c12. The van der Waals surface area contributed by atoms with E-state index in [0.29, 0.717) is 5.56 Å². The number of nitro benzene ring substituents is 1. The third-order valence-electron chi connectivity index (χ3n) is 3.28. The first-order valence-electron chi connectivity index (χ1n) is 6.64. The van der Waals surface area contributed by atoms with E-state index in [-0.39, 0.29) is 46.8 Å². The zero-order chi connectivity index (χ0) is 18.1. The number of aromatic nitrogens is 2. The molecule has 2 aromatic rings. The van der Waals surface area contributed by atoms with Gasteiger partial charge in [-0.3, -0.25) is 24.3 Å². The molecule has 0 atom stereocenters. The molecule has 0 aliphatic carbocycles. The van der Waals surface area contributed by atoms with Gasteiger partial charge in [0.1, 0.15) is 0 Å². The topological polar surface area (TPSA) is 166 Å². The Morgan fingerprint density at radius 3 is 2.40 bits per heavy atom. The Hall–Kier alpha value is -2.09. The van der Waals surface area contributed by atoms with Crippen LogP contribution in [0.1, 0.15) is 5.56 Å². The lowest BCUT2D eigenvalue weighted by molar-refractivity contribution is -0.384. The molecule has 138 valence electrons. The molecule has 1 aromatic heterocycles. The normalized spacial score (nSPS) is 11.5. The number of hydrogen-bond donors (Lipinski definition) is 3. The third-order valence-corrected chi connectivity index (χ3v) is 3.98. The summed E-state index contributed by atoms with van der Waals surface area (Å²) in [7, 11) is -2.60. The Balaban J connectivity index is 0.00000312. The minimum atomic E-state index is -4.14. The smallest absolute Gasteiger partial charge is 0.314 e. The van der Waals surface area contributed by atoms with E-state index in [0.717, 1.165) is 6.07 Å². The van der Waals surface area contributed by atoms with E-state index in [1.165, 1.54) is 11.0 Å². The van der Waals surface area contributed by atoms with Crippen molar-refractivity contribution in [3.05, 3.63) is 48.5 Å². The van der Waals surface area contributed by atoms with Crippen LogP contribution < -0.4 is 11.1 Å². The molecule has 0 unspecified atom stereocenters. The van der Waals surface area contributed by atoms with Gasteiger partial charge in [0.25, 0.3) is 15.8 Å². The Labute approximate surface area is 151 Å². The standard InChI is InChI=1S/C12H14N4O7S.BrH/c1-15(2-3-24(21,22)23)6-7-4-8(16(19)20)5-9-10(7)14-12(18)11(17)13-9;/h4-5H,2-3,6H2,1H3,(H,13,17)(H,14,18)(H,21,22,23);1H. The number of nitrogens with zero attached hydrogens (tertiary/aromatic N) is 2. The molecule has 0 fully saturated rings. The van der Waals surface area contributed by atoms with Gasteiger partial charge in [0, 0.05) is 25.2 Å². The van der Waals surface area contributed by atoms with E-state index < -0.39 is 31.9 Å². The summed E-state index contributed by atoms with van der Waals surface area (Å²) in [5.41, 5.74) is -1.50. The van der Waals surface area contributed by atoms with Crippen molar-refractivity contribution in [2.45, 2.75) is 6.54 Å². The molecule has 3 N–H and O–H groups in total. The molecule has 1 heterocycles. The Bertz CT molecular complexity index is 1010. The maximum atomic E-state index is 11.5. The van der Waals surface area contributed by atoms with Crippen LogP contribution in [-0.2, 0) is 16.7 Å². The first-order chi connectivity index (χ1) is 11.1. The average molecular weight is 439 g/mol. The average Bonchev–Trinajstić information content (AvgIpc) is 2.46. The molecule has 2 rings (SSSR count). The van der Waals surface area contributed by atoms with Crippen molar-refractivity contribution >= 4 is 43.8 Å². The number of fused-ring (bicyclic) bond motifs is 1. The summed E-state index contributed by atoms with van der Waals surface area (Å²) in [5, 5.41) is 11.0. The lowest BCUT2D eigenvalue weighted by atomic mass is 10.1. The van der Waals surface area contributed by atoms with Gasteiger partial charge >= 0.3 is 11.1 Å². The van der Waals surface area contributed by atoms with Crippen molar-refractivity contribution < 1.29 is 17.9 Å². The number of halogens is 1. The predicted molar refractivity (Wildman–Crippen MR) is 94.9 cm³/mol. The molecular weight excluding hydrogens is 424 g/mol. The fourth-order valence-corrected chi connectivity index (χ4v) is 2.69. The summed E-state index contributed by atoms with van der Waals surface area (Å²) in [5.74, 6) is -0.510. The van der Waals surface area contributed by atoms with Crippen LogP contribution in [0, 0.1) is 10.1 Å². The van der Waals surface area contributed by atoms with Crippen molar-refractivity contribution in [3.8, 4) is 0 Å². The summed E-state index contributed by atoms with van der Waals surface area (Å²) in [6.45, 7) is 0.0201. The number of aromatic amines is 2. The number of H-pyrrole nitrogens is 2. The van der Waals surface area contributed by atoms with E-state index in [2.05, 4.69) is 9.97 Å². The first kappa shape index (κ1) is 21.0. The van der Waals surface area contributed by atoms with Gasteiger partial charge in [0.05, 0.1) is 21.7 Å². The minimum Gasteiger partial charge on any atom is -0.316 e. The highest BCUT2D eigenvalue weighted by atomic mass is 79.9. The van der Waals surface area contributed by atoms with E-state index in [4.69, 9.17) is 4.55 Å². The number of rotatable bonds is 6. The first-order valence-corrected chi connectivity index (χ1v) is 8.25. The lowest BCUT2D eigenvalue weighted by Gasteiger charge is -2.16. The highest BCUT2D eigenvalue weighted by molar-refractivity contribution is 8.93. The van der Waals surface area contributed by atoms with Gasteiger partial charge in [0.2, 0.25) is 0 Å². The molecule has 0 saturated heterocycles. The van der Waals surface area contributed by atoms with Crippen molar-refractivity contribution in [2.24, 2.45) is 0 Å². The highest BCUT2D eigenvalue weighted by Crippen LogP contribution is 2.22. The molecule has 0 bridgehead atoms. The van der Waals surface area contributed by atoms with Gasteiger partial charge in [-0.15, -0.1) is 17.0 Å². The molecular formula is C12H15BrN4O7S. The van der Waals surface area contributed by atoms with E-state index in [1.807, 2.05) is 0 Å². The van der Waals surface area contributed by atoms with Crippen molar-refractivity contribution in [2.75, 3.05) is 19.3 Å². The maximum Gasteiger partial charge on any atom is 0.314 e. The second-order valence-corrected chi connectivity index (χ2v) is 6.79. The Morgan fingerprint density at radius 2 is 1.84 bits per heavy atom. The van der Waals surface area contributed by atoms with Crippen molar-refractivity contribution in [3.63, 3.8) is 0 Å².